The van der Waals surface area contributed by atoms with Crippen molar-refractivity contribution >= 4 is 27.1 Å². The predicted molar refractivity (Wildman–Crippen MR) is 73.8 cm³/mol. The Morgan fingerprint density at radius 1 is 1.41 bits per heavy atom. The Hall–Kier alpha value is -1.03. The number of anilines is 1. The lowest BCUT2D eigenvalue weighted by Gasteiger charge is -2.24. The Balaban J connectivity index is 2.23. The van der Waals surface area contributed by atoms with Gasteiger partial charge in [-0.25, -0.2) is 4.98 Å². The van der Waals surface area contributed by atoms with Gasteiger partial charge in [0, 0.05) is 26.2 Å². The molecule has 3 nitrogen and oxygen atoms in total. The summed E-state index contributed by atoms with van der Waals surface area (Å²) in [5, 5.41) is 0. The third-order valence-electron chi connectivity index (χ3n) is 3.58. The predicted octanol–water partition coefficient (Wildman–Crippen LogP) is 3.43. The molecular formula is C13H16BrN3. The van der Waals surface area contributed by atoms with Crippen LogP contribution >= 0.6 is 15.9 Å². The molecule has 0 amide bonds. The van der Waals surface area contributed by atoms with Gasteiger partial charge in [0.05, 0.1) is 5.69 Å². The first-order valence-corrected chi connectivity index (χ1v) is 6.81. The lowest BCUT2D eigenvalue weighted by atomic mass is 9.85. The first kappa shape index (κ1) is 11.1. The monoisotopic (exact) mass is 293 g/mol. The van der Waals surface area contributed by atoms with E-state index in [1.807, 2.05) is 0 Å². The average Bonchev–Trinajstić information content (AvgIpc) is 2.54. The van der Waals surface area contributed by atoms with E-state index in [1.54, 1.807) is 0 Å². The minimum absolute atomic E-state index is 0.645. The van der Waals surface area contributed by atoms with Gasteiger partial charge in [-0.2, -0.15) is 0 Å². The molecule has 0 bridgehead atoms. The molecule has 3 rings (SSSR count). The molecule has 17 heavy (non-hydrogen) atoms. The average molecular weight is 294 g/mol. The van der Waals surface area contributed by atoms with Crippen LogP contribution in [0, 0.1) is 0 Å². The van der Waals surface area contributed by atoms with Gasteiger partial charge in [-0.3, -0.25) is 0 Å². The fourth-order valence-corrected chi connectivity index (χ4v) is 2.99. The van der Waals surface area contributed by atoms with Gasteiger partial charge in [-0.15, -0.1) is 0 Å². The Morgan fingerprint density at radius 2 is 2.18 bits per heavy atom. The van der Waals surface area contributed by atoms with Crippen LogP contribution in [0.4, 0.5) is 5.69 Å². The molecule has 0 atom stereocenters. The smallest absolute Gasteiger partial charge is 0.134 e. The molecule has 1 fully saturated rings. The Morgan fingerprint density at radius 3 is 2.76 bits per heavy atom. The van der Waals surface area contributed by atoms with E-state index in [0.29, 0.717) is 5.92 Å². The molecule has 0 aromatic carbocycles. The van der Waals surface area contributed by atoms with Crippen molar-refractivity contribution < 1.29 is 0 Å². The van der Waals surface area contributed by atoms with E-state index < -0.39 is 0 Å². The summed E-state index contributed by atoms with van der Waals surface area (Å²) in [5.41, 5.74) is 2.39. The van der Waals surface area contributed by atoms with Crippen LogP contribution < -0.4 is 4.90 Å². The van der Waals surface area contributed by atoms with Gasteiger partial charge in [0.15, 0.2) is 0 Å². The highest BCUT2D eigenvalue weighted by Crippen LogP contribution is 2.38. The number of imidazole rings is 1. The molecule has 0 radical (unpaired) electrons. The molecule has 0 saturated heterocycles. The van der Waals surface area contributed by atoms with Crippen molar-refractivity contribution in [2.45, 2.75) is 25.2 Å². The fourth-order valence-electron chi connectivity index (χ4n) is 2.42. The van der Waals surface area contributed by atoms with Crippen molar-refractivity contribution in [1.29, 1.82) is 0 Å². The van der Waals surface area contributed by atoms with Crippen molar-refractivity contribution in [2.75, 3.05) is 19.0 Å². The second-order valence-electron chi connectivity index (χ2n) is 4.90. The molecule has 1 aliphatic rings. The van der Waals surface area contributed by atoms with E-state index in [-0.39, 0.29) is 0 Å². The fraction of sp³-hybridized carbons (Fsp3) is 0.462. The van der Waals surface area contributed by atoms with Crippen molar-refractivity contribution in [3.8, 4) is 0 Å². The zero-order valence-electron chi connectivity index (χ0n) is 10.2. The van der Waals surface area contributed by atoms with Gasteiger partial charge in [0.2, 0.25) is 0 Å². The normalized spacial score (nSPS) is 16.2. The summed E-state index contributed by atoms with van der Waals surface area (Å²) in [5.74, 6) is 1.85. The van der Waals surface area contributed by atoms with Gasteiger partial charge in [-0.05, 0) is 40.9 Å². The maximum Gasteiger partial charge on any atom is 0.134 e. The molecule has 0 unspecified atom stereocenters. The van der Waals surface area contributed by atoms with E-state index in [0.717, 1.165) is 4.60 Å². The Labute approximate surface area is 110 Å². The first-order chi connectivity index (χ1) is 8.18. The van der Waals surface area contributed by atoms with Crippen LogP contribution in [0.2, 0.25) is 0 Å². The summed E-state index contributed by atoms with van der Waals surface area (Å²) in [6.45, 7) is 0. The van der Waals surface area contributed by atoms with E-state index in [1.165, 1.54) is 36.3 Å². The SMILES string of the molecule is CN(C)c1cccn2c(C3CCC3)nc(Br)c12. The highest BCUT2D eigenvalue weighted by Gasteiger charge is 2.25. The molecule has 1 saturated carbocycles. The highest BCUT2D eigenvalue weighted by molar-refractivity contribution is 9.10. The summed E-state index contributed by atoms with van der Waals surface area (Å²) >= 11 is 3.60. The number of hydrogen-bond acceptors (Lipinski definition) is 2. The van der Waals surface area contributed by atoms with Crippen molar-refractivity contribution in [3.63, 3.8) is 0 Å². The number of aromatic nitrogens is 2. The van der Waals surface area contributed by atoms with Crippen LogP contribution in [0.1, 0.15) is 31.0 Å². The lowest BCUT2D eigenvalue weighted by Crippen LogP contribution is -2.13. The lowest BCUT2D eigenvalue weighted by molar-refractivity contribution is 0.400. The zero-order chi connectivity index (χ0) is 12.0. The second-order valence-corrected chi connectivity index (χ2v) is 5.65. The molecule has 0 spiro atoms. The molecule has 2 heterocycles. The van der Waals surface area contributed by atoms with Gasteiger partial charge < -0.3 is 9.30 Å². The number of rotatable bonds is 2. The summed E-state index contributed by atoms with van der Waals surface area (Å²) in [4.78, 5) is 6.84. The summed E-state index contributed by atoms with van der Waals surface area (Å²) in [7, 11) is 4.13. The molecule has 0 aliphatic heterocycles. The molecule has 90 valence electrons. The number of halogens is 1. The third kappa shape index (κ3) is 1.66. The molecule has 1 aliphatic carbocycles. The minimum atomic E-state index is 0.645. The van der Waals surface area contributed by atoms with Crippen LogP contribution in [-0.4, -0.2) is 23.5 Å². The van der Waals surface area contributed by atoms with Crippen LogP contribution in [0.25, 0.3) is 5.52 Å². The van der Waals surface area contributed by atoms with Gasteiger partial charge >= 0.3 is 0 Å². The van der Waals surface area contributed by atoms with Crippen molar-refractivity contribution in [2.24, 2.45) is 0 Å². The largest absolute Gasteiger partial charge is 0.376 e. The minimum Gasteiger partial charge on any atom is -0.376 e. The van der Waals surface area contributed by atoms with E-state index in [4.69, 9.17) is 4.98 Å². The Bertz CT molecular complexity index is 555. The van der Waals surface area contributed by atoms with E-state index in [2.05, 4.69) is 57.7 Å². The number of nitrogens with zero attached hydrogens (tertiary/aromatic N) is 3. The quantitative estimate of drug-likeness (QED) is 0.846. The van der Waals surface area contributed by atoms with Gasteiger partial charge in [0.1, 0.15) is 15.9 Å². The Kier molecular flexibility index (Phi) is 2.62. The molecule has 2 aromatic rings. The molecular weight excluding hydrogens is 278 g/mol. The van der Waals surface area contributed by atoms with Crippen LogP contribution in [-0.2, 0) is 0 Å². The first-order valence-electron chi connectivity index (χ1n) is 6.02. The van der Waals surface area contributed by atoms with Crippen LogP contribution in [0.5, 0.6) is 0 Å². The zero-order valence-corrected chi connectivity index (χ0v) is 11.7. The summed E-state index contributed by atoms with van der Waals surface area (Å²) in [6, 6.07) is 4.23. The van der Waals surface area contributed by atoms with Gasteiger partial charge in [0.25, 0.3) is 0 Å². The third-order valence-corrected chi connectivity index (χ3v) is 4.13. The number of fused-ring (bicyclic) bond motifs is 1. The molecule has 2 aromatic heterocycles. The molecule has 0 N–H and O–H groups in total. The topological polar surface area (TPSA) is 20.5 Å². The number of hydrogen-bond donors (Lipinski definition) is 0. The summed E-state index contributed by atoms with van der Waals surface area (Å²) in [6.07, 6.45) is 6.01. The second kappa shape index (κ2) is 4.02. The maximum absolute atomic E-state index is 4.71. The van der Waals surface area contributed by atoms with E-state index in [9.17, 15) is 0 Å². The standard InChI is InChI=1S/C13H16BrN3/c1-16(2)10-7-4-8-17-11(10)12(14)15-13(17)9-5-3-6-9/h4,7-9H,3,5-6H2,1-2H3. The van der Waals surface area contributed by atoms with Crippen LogP contribution in [0.3, 0.4) is 0 Å². The summed E-state index contributed by atoms with van der Waals surface area (Å²) < 4.78 is 3.20. The van der Waals surface area contributed by atoms with Crippen molar-refractivity contribution in [1.82, 2.24) is 9.38 Å². The highest BCUT2D eigenvalue weighted by atomic mass is 79.9. The van der Waals surface area contributed by atoms with Gasteiger partial charge in [-0.1, -0.05) is 6.42 Å². The number of pyridine rings is 1. The molecule has 4 heteroatoms. The van der Waals surface area contributed by atoms with Crippen molar-refractivity contribution in [3.05, 3.63) is 28.8 Å². The van der Waals surface area contributed by atoms with E-state index >= 15 is 0 Å². The maximum atomic E-state index is 4.71. The van der Waals surface area contributed by atoms with Crippen LogP contribution in [0.15, 0.2) is 22.9 Å².